The Kier molecular flexibility index (Phi) is 15.1. The molecular weight excluding hydrogens is 998 g/mol. The highest BCUT2D eigenvalue weighted by Gasteiger charge is 2.35. The molecule has 2 saturated heterocycles. The largest absolute Gasteiger partial charge is 0.496 e. The summed E-state index contributed by atoms with van der Waals surface area (Å²) in [6.07, 6.45) is -4.55. The number of methoxy groups -OCH3 is 1. The Morgan fingerprint density at radius 2 is 1.10 bits per heavy atom. The number of aromatic amines is 2. The highest BCUT2D eigenvalue weighted by Crippen LogP contribution is 2.40. The van der Waals surface area contributed by atoms with Gasteiger partial charge in [0.2, 0.25) is 11.9 Å². The zero-order valence-electron chi connectivity index (χ0n) is 43.1. The van der Waals surface area contributed by atoms with Gasteiger partial charge in [-0.05, 0) is 114 Å². The number of aryl methyl sites for hydroxylation is 2. The van der Waals surface area contributed by atoms with Gasteiger partial charge >= 0.3 is 6.18 Å². The van der Waals surface area contributed by atoms with Crippen LogP contribution in [0.4, 0.5) is 25.1 Å². The minimum Gasteiger partial charge on any atom is -0.496 e. The number of alkyl halides is 3. The number of hydrogen-bond donors (Lipinski definition) is 2. The number of H-pyrrole nitrogens is 2. The number of fused-ring (bicyclic) bond motifs is 2. The first-order valence-electron chi connectivity index (χ1n) is 25.5. The van der Waals surface area contributed by atoms with E-state index in [1.54, 1.807) is 60.4 Å². The minimum atomic E-state index is -4.55. The molecule has 2 fully saturated rings. The second-order valence-corrected chi connectivity index (χ2v) is 19.1. The van der Waals surface area contributed by atoms with E-state index >= 15 is 0 Å². The summed E-state index contributed by atoms with van der Waals surface area (Å²) >= 11 is 0. The maximum atomic E-state index is 13.5. The quantitative estimate of drug-likeness (QED) is 0.135. The maximum absolute atomic E-state index is 13.5. The monoisotopic (exact) mass is 1050 g/mol. The predicted molar refractivity (Wildman–Crippen MR) is 297 cm³/mol. The number of ether oxygens (including phenoxy) is 2. The molecule has 14 nitrogen and oxygen atoms in total. The number of nitrogens with one attached hydrogen (secondary N) is 2. The number of hydrogen-bond acceptors (Lipinski definition) is 10. The lowest BCUT2D eigenvalue weighted by Crippen LogP contribution is -2.49. The van der Waals surface area contributed by atoms with Crippen molar-refractivity contribution in [3.8, 4) is 33.8 Å². The Labute approximate surface area is 447 Å². The number of carbonyl (C=O) groups is 2. The molecule has 0 saturated carbocycles. The van der Waals surface area contributed by atoms with Crippen LogP contribution in [0, 0.1) is 13.8 Å². The number of aromatic nitrogens is 4. The number of carbonyl (C=O) groups excluding carboxylic acids is 2. The van der Waals surface area contributed by atoms with Crippen LogP contribution >= 0.6 is 0 Å². The molecule has 2 aliphatic rings. The van der Waals surface area contributed by atoms with Crippen molar-refractivity contribution in [2.45, 2.75) is 26.6 Å². The molecule has 0 radical (unpaired) electrons. The first-order chi connectivity index (χ1) is 37.7. The Bertz CT molecular complexity index is 3790. The average Bonchev–Trinajstić information content (AvgIpc) is 3.46. The molecule has 11 rings (SSSR count). The number of rotatable bonds is 10. The highest BCUT2D eigenvalue weighted by molar-refractivity contribution is 5.96. The Morgan fingerprint density at radius 3 is 1.67 bits per heavy atom. The molecule has 2 N–H and O–H groups in total. The van der Waals surface area contributed by atoms with Crippen LogP contribution in [0.1, 0.15) is 43.0 Å². The summed E-state index contributed by atoms with van der Waals surface area (Å²) in [6.45, 7) is 8.40. The zero-order valence-corrected chi connectivity index (χ0v) is 43.1. The Hall–Kier alpha value is -9.25. The third kappa shape index (κ3) is 11.3. The summed E-state index contributed by atoms with van der Waals surface area (Å²) in [7, 11) is 1.20. The molecule has 7 aromatic carbocycles. The van der Waals surface area contributed by atoms with E-state index in [2.05, 4.69) is 32.9 Å². The van der Waals surface area contributed by atoms with Crippen LogP contribution < -0.4 is 30.4 Å². The van der Waals surface area contributed by atoms with E-state index in [1.807, 2.05) is 106 Å². The topological polar surface area (TPSA) is 157 Å². The lowest BCUT2D eigenvalue weighted by molar-refractivity contribution is -0.138. The fourth-order valence-corrected chi connectivity index (χ4v) is 9.95. The molecule has 0 unspecified atom stereocenters. The van der Waals surface area contributed by atoms with E-state index in [0.717, 1.165) is 34.1 Å². The molecule has 2 amide bonds. The van der Waals surface area contributed by atoms with Gasteiger partial charge in [0.25, 0.3) is 22.9 Å². The molecule has 9 aromatic rings. The maximum Gasteiger partial charge on any atom is 0.419 e. The molecule has 4 heterocycles. The number of para-hydroxylation sites is 2. The molecule has 17 heteroatoms. The summed E-state index contributed by atoms with van der Waals surface area (Å²) < 4.78 is 51.5. The van der Waals surface area contributed by atoms with Crippen molar-refractivity contribution in [2.24, 2.45) is 0 Å². The van der Waals surface area contributed by atoms with Crippen LogP contribution in [0.2, 0.25) is 0 Å². The van der Waals surface area contributed by atoms with Gasteiger partial charge in [0, 0.05) is 69.0 Å². The average molecular weight is 1050 g/mol. The van der Waals surface area contributed by atoms with Gasteiger partial charge in [-0.1, -0.05) is 91.0 Å². The van der Waals surface area contributed by atoms with E-state index in [9.17, 15) is 32.3 Å². The summed E-state index contributed by atoms with van der Waals surface area (Å²) in [5.41, 5.74) is 6.96. The molecule has 396 valence electrons. The highest BCUT2D eigenvalue weighted by atomic mass is 19.4. The fraction of sp³-hybridized carbons (Fsp3) is 0.213. The van der Waals surface area contributed by atoms with Crippen molar-refractivity contribution in [1.82, 2.24) is 29.7 Å². The van der Waals surface area contributed by atoms with Gasteiger partial charge in [-0.2, -0.15) is 13.2 Å². The smallest absolute Gasteiger partial charge is 0.419 e. The van der Waals surface area contributed by atoms with Crippen LogP contribution in [0.3, 0.4) is 0 Å². The van der Waals surface area contributed by atoms with E-state index in [1.165, 1.54) is 13.2 Å². The van der Waals surface area contributed by atoms with E-state index in [0.29, 0.717) is 120 Å². The molecular formula is C61H55F3N8O6. The molecule has 2 aromatic heterocycles. The number of amides is 2. The third-order valence-electron chi connectivity index (χ3n) is 14.1. The van der Waals surface area contributed by atoms with Gasteiger partial charge in [0.15, 0.2) is 0 Å². The fourth-order valence-electron chi connectivity index (χ4n) is 9.95. The normalized spacial score (nSPS) is 13.8. The van der Waals surface area contributed by atoms with Crippen molar-refractivity contribution in [1.29, 1.82) is 0 Å². The number of piperazine rings is 2. The molecule has 2 aliphatic heterocycles. The van der Waals surface area contributed by atoms with Crippen LogP contribution in [-0.4, -0.2) is 101 Å². The minimum absolute atomic E-state index is 0.0122. The standard InChI is InChI=1S/C33H30N4O3.C28H25F3N4O3/c1-23-9-7-16-29(40-22-24-10-3-2-4-11-24)30(23)25-12-8-13-26(21-25)32(39)36-17-19-37(20-18-36)33-34-28-15-6-5-14-27(28)31(38)35-33;1-17-15-19(7-9-20(17)18-8-10-24(38-2)22(16-18)28(29,30)31)26(37)34-11-13-35(14-12-34)27-32-23-6-4-3-5-21(23)25(36)33-27/h2-16,21H,17-20,22H2,1H3,(H,34,35,38);3-10,15-16H,11-14H2,1-2H3,(H,32,33,36). The van der Waals surface area contributed by atoms with Gasteiger partial charge in [0.05, 0.1) is 34.5 Å². The van der Waals surface area contributed by atoms with Crippen molar-refractivity contribution in [2.75, 3.05) is 69.3 Å². The third-order valence-corrected chi connectivity index (χ3v) is 14.1. The number of nitrogens with zero attached hydrogens (tertiary/aromatic N) is 6. The zero-order chi connectivity index (χ0) is 54.5. The summed E-state index contributed by atoms with van der Waals surface area (Å²) in [6, 6.07) is 47.2. The van der Waals surface area contributed by atoms with Gasteiger partial charge < -0.3 is 29.1 Å². The van der Waals surface area contributed by atoms with Crippen molar-refractivity contribution >= 4 is 45.5 Å². The van der Waals surface area contributed by atoms with Crippen molar-refractivity contribution in [3.05, 3.63) is 212 Å². The van der Waals surface area contributed by atoms with E-state index in [-0.39, 0.29) is 28.7 Å². The van der Waals surface area contributed by atoms with Crippen LogP contribution in [0.15, 0.2) is 167 Å². The molecule has 0 aliphatic carbocycles. The first-order valence-corrected chi connectivity index (χ1v) is 25.5. The van der Waals surface area contributed by atoms with Crippen molar-refractivity contribution in [3.63, 3.8) is 0 Å². The van der Waals surface area contributed by atoms with Crippen molar-refractivity contribution < 1.29 is 32.2 Å². The van der Waals surface area contributed by atoms with Crippen LogP contribution in [0.5, 0.6) is 11.5 Å². The number of halogens is 3. The molecule has 0 bridgehead atoms. The van der Waals surface area contributed by atoms with Crippen LogP contribution in [-0.2, 0) is 12.8 Å². The van der Waals surface area contributed by atoms with E-state index in [4.69, 9.17) is 9.47 Å². The van der Waals surface area contributed by atoms with E-state index < -0.39 is 11.7 Å². The number of benzene rings is 7. The Morgan fingerprint density at radius 1 is 0.551 bits per heavy atom. The second-order valence-electron chi connectivity index (χ2n) is 19.1. The SMILES string of the molecule is COc1ccc(-c2ccc(C(=O)N3CCN(c4nc5ccccc5c(=O)[nH]4)CC3)cc2C)cc1C(F)(F)F.Cc1cccc(OCc2ccccc2)c1-c1cccc(C(=O)N2CCN(c3nc4ccccc4c(=O)[nH]3)CC2)c1. The van der Waals surface area contributed by atoms with Gasteiger partial charge in [0.1, 0.15) is 18.1 Å². The van der Waals surface area contributed by atoms with Gasteiger partial charge in [-0.25, -0.2) is 9.97 Å². The predicted octanol–water partition coefficient (Wildman–Crippen LogP) is 10.3. The summed E-state index contributed by atoms with van der Waals surface area (Å²) in [5.74, 6) is 1.39. The van der Waals surface area contributed by atoms with Gasteiger partial charge in [-0.15, -0.1) is 0 Å². The summed E-state index contributed by atoms with van der Waals surface area (Å²) in [5, 5.41) is 1.09. The summed E-state index contributed by atoms with van der Waals surface area (Å²) in [4.78, 5) is 74.1. The lowest BCUT2D eigenvalue weighted by atomic mass is 9.96. The molecule has 0 atom stereocenters. The molecule has 78 heavy (non-hydrogen) atoms. The molecule has 0 spiro atoms. The van der Waals surface area contributed by atoms with Gasteiger partial charge in [-0.3, -0.25) is 29.1 Å². The number of anilines is 2. The Balaban J connectivity index is 0.000000177. The lowest BCUT2D eigenvalue weighted by Gasteiger charge is -2.35. The van der Waals surface area contributed by atoms with Crippen LogP contribution in [0.25, 0.3) is 44.1 Å². The first kappa shape index (κ1) is 52.2. The second kappa shape index (κ2) is 22.5.